The Hall–Kier alpha value is -1.62. The predicted molar refractivity (Wildman–Crippen MR) is 61.7 cm³/mol. The van der Waals surface area contributed by atoms with Crippen molar-refractivity contribution < 1.29 is 4.79 Å². The third-order valence-corrected chi connectivity index (χ3v) is 3.35. The molecule has 0 N–H and O–H groups in total. The number of aromatic nitrogens is 3. The molecule has 82 valence electrons. The van der Waals surface area contributed by atoms with Gasteiger partial charge in [0.1, 0.15) is 5.03 Å². The van der Waals surface area contributed by atoms with Crippen LogP contribution in [0.3, 0.4) is 0 Å². The second-order valence-electron chi connectivity index (χ2n) is 3.43. The van der Waals surface area contributed by atoms with Crippen LogP contribution in [0.2, 0.25) is 0 Å². The van der Waals surface area contributed by atoms with Crippen molar-refractivity contribution >= 4 is 18.0 Å². The predicted octanol–water partition coefficient (Wildman–Crippen LogP) is 2.09. The lowest BCUT2D eigenvalue weighted by molar-refractivity contribution is 0.112. The fraction of sp³-hybridized carbons (Fsp3) is 0.182. The summed E-state index contributed by atoms with van der Waals surface area (Å²) >= 11 is 1.49. The van der Waals surface area contributed by atoms with E-state index in [2.05, 4.69) is 9.97 Å². The molecule has 4 nitrogen and oxygen atoms in total. The monoisotopic (exact) mass is 233 g/mol. The molecule has 0 spiro atoms. The van der Waals surface area contributed by atoms with E-state index in [4.69, 9.17) is 0 Å². The largest absolute Gasteiger partial charge is 0.329 e. The van der Waals surface area contributed by atoms with Crippen LogP contribution >= 0.6 is 11.8 Å². The van der Waals surface area contributed by atoms with Crippen molar-refractivity contribution in [3.63, 3.8) is 0 Å². The number of hydrogen-bond donors (Lipinski definition) is 0. The minimum atomic E-state index is 0.599. The third kappa shape index (κ3) is 2.14. The van der Waals surface area contributed by atoms with Crippen LogP contribution in [0.5, 0.6) is 0 Å². The van der Waals surface area contributed by atoms with Crippen molar-refractivity contribution in [3.8, 4) is 0 Å². The van der Waals surface area contributed by atoms with Crippen molar-refractivity contribution in [1.82, 2.24) is 14.5 Å². The Bertz CT molecular complexity index is 522. The number of carbonyl (C=O) groups is 1. The summed E-state index contributed by atoms with van der Waals surface area (Å²) in [6.45, 7) is 1.94. The van der Waals surface area contributed by atoms with Crippen molar-refractivity contribution in [2.24, 2.45) is 7.05 Å². The van der Waals surface area contributed by atoms with E-state index < -0.39 is 0 Å². The summed E-state index contributed by atoms with van der Waals surface area (Å²) in [4.78, 5) is 19.0. The van der Waals surface area contributed by atoms with E-state index in [1.807, 2.05) is 30.8 Å². The van der Waals surface area contributed by atoms with Crippen LogP contribution in [0.15, 0.2) is 34.8 Å². The van der Waals surface area contributed by atoms with Gasteiger partial charge in [0.15, 0.2) is 11.4 Å². The van der Waals surface area contributed by atoms with Gasteiger partial charge >= 0.3 is 0 Å². The molecule has 0 aromatic carbocycles. The van der Waals surface area contributed by atoms with Gasteiger partial charge in [0.05, 0.1) is 0 Å². The molecule has 0 saturated carbocycles. The van der Waals surface area contributed by atoms with Crippen LogP contribution < -0.4 is 0 Å². The minimum absolute atomic E-state index is 0.599. The van der Waals surface area contributed by atoms with Gasteiger partial charge in [-0.1, -0.05) is 0 Å². The number of hydrogen-bond acceptors (Lipinski definition) is 4. The van der Waals surface area contributed by atoms with Crippen LogP contribution in [0.4, 0.5) is 0 Å². The van der Waals surface area contributed by atoms with E-state index in [1.54, 1.807) is 12.4 Å². The topological polar surface area (TPSA) is 47.8 Å². The summed E-state index contributed by atoms with van der Waals surface area (Å²) in [6.07, 6.45) is 6.01. The lowest BCUT2D eigenvalue weighted by Crippen LogP contribution is -1.93. The summed E-state index contributed by atoms with van der Waals surface area (Å²) < 4.78 is 1.93. The Morgan fingerprint density at radius 1 is 1.44 bits per heavy atom. The van der Waals surface area contributed by atoms with E-state index in [0.29, 0.717) is 5.56 Å². The maximum atomic E-state index is 10.6. The van der Waals surface area contributed by atoms with E-state index in [0.717, 1.165) is 22.0 Å². The average molecular weight is 233 g/mol. The molecule has 0 radical (unpaired) electrons. The van der Waals surface area contributed by atoms with Gasteiger partial charge in [0, 0.05) is 31.2 Å². The Morgan fingerprint density at radius 2 is 2.25 bits per heavy atom. The Kier molecular flexibility index (Phi) is 3.05. The quantitative estimate of drug-likeness (QED) is 0.762. The molecule has 0 atom stereocenters. The van der Waals surface area contributed by atoms with Crippen molar-refractivity contribution in [1.29, 1.82) is 0 Å². The molecule has 0 unspecified atom stereocenters. The number of aldehydes is 1. The molecule has 2 rings (SSSR count). The molecule has 0 bridgehead atoms. The molecular weight excluding hydrogens is 222 g/mol. The highest BCUT2D eigenvalue weighted by Gasteiger charge is 2.07. The fourth-order valence-corrected chi connectivity index (χ4v) is 2.11. The Balaban J connectivity index is 2.29. The van der Waals surface area contributed by atoms with Crippen LogP contribution in [0.25, 0.3) is 0 Å². The second kappa shape index (κ2) is 4.49. The number of nitrogens with zero attached hydrogens (tertiary/aromatic N) is 3. The van der Waals surface area contributed by atoms with Crippen LogP contribution in [0, 0.1) is 6.92 Å². The van der Waals surface area contributed by atoms with E-state index in [-0.39, 0.29) is 0 Å². The fourth-order valence-electron chi connectivity index (χ4n) is 1.29. The lowest BCUT2D eigenvalue weighted by atomic mass is 10.2. The number of rotatable bonds is 3. The van der Waals surface area contributed by atoms with Crippen LogP contribution in [-0.4, -0.2) is 20.8 Å². The molecule has 0 aliphatic rings. The number of carbonyl (C=O) groups excluding carboxylic acids is 1. The van der Waals surface area contributed by atoms with Crippen molar-refractivity contribution in [3.05, 3.63) is 35.8 Å². The molecule has 0 saturated heterocycles. The van der Waals surface area contributed by atoms with Crippen molar-refractivity contribution in [2.45, 2.75) is 17.1 Å². The number of aryl methyl sites for hydroxylation is 2. The van der Waals surface area contributed by atoms with Gasteiger partial charge in [-0.2, -0.15) is 0 Å². The van der Waals surface area contributed by atoms with Crippen LogP contribution in [0.1, 0.15) is 15.9 Å². The maximum Gasteiger partial charge on any atom is 0.174 e. The standard InChI is InChI=1S/C11H11N3OS/c1-8-5-9(7-15)6-13-10(8)16-11-12-3-4-14(11)2/h3-7H,1-2H3. The summed E-state index contributed by atoms with van der Waals surface area (Å²) in [7, 11) is 1.93. The first-order valence-electron chi connectivity index (χ1n) is 4.77. The normalized spacial score (nSPS) is 10.4. The minimum Gasteiger partial charge on any atom is -0.329 e. The number of imidazole rings is 1. The first-order valence-corrected chi connectivity index (χ1v) is 5.59. The highest BCUT2D eigenvalue weighted by molar-refractivity contribution is 7.99. The van der Waals surface area contributed by atoms with Gasteiger partial charge in [0.2, 0.25) is 0 Å². The van der Waals surface area contributed by atoms with E-state index >= 15 is 0 Å². The molecule has 2 aromatic heterocycles. The van der Waals surface area contributed by atoms with Gasteiger partial charge < -0.3 is 4.57 Å². The third-order valence-electron chi connectivity index (χ3n) is 2.15. The first kappa shape index (κ1) is 10.9. The second-order valence-corrected chi connectivity index (χ2v) is 4.39. The molecule has 0 amide bonds. The van der Waals surface area contributed by atoms with Crippen molar-refractivity contribution in [2.75, 3.05) is 0 Å². The molecule has 0 aliphatic heterocycles. The average Bonchev–Trinajstić information content (AvgIpc) is 2.67. The maximum absolute atomic E-state index is 10.6. The molecule has 2 aromatic rings. The highest BCUT2D eigenvalue weighted by atomic mass is 32.2. The summed E-state index contributed by atoms with van der Waals surface area (Å²) in [5.74, 6) is 0. The van der Waals surface area contributed by atoms with Gasteiger partial charge in [-0.05, 0) is 30.3 Å². The Labute approximate surface area is 97.7 Å². The van der Waals surface area contributed by atoms with E-state index in [9.17, 15) is 4.79 Å². The molecule has 0 aliphatic carbocycles. The molecule has 2 heterocycles. The highest BCUT2D eigenvalue weighted by Crippen LogP contribution is 2.26. The zero-order valence-corrected chi connectivity index (χ0v) is 9.86. The molecule has 5 heteroatoms. The molecule has 16 heavy (non-hydrogen) atoms. The molecular formula is C11H11N3OS. The van der Waals surface area contributed by atoms with Gasteiger partial charge in [-0.3, -0.25) is 4.79 Å². The smallest absolute Gasteiger partial charge is 0.174 e. The summed E-state index contributed by atoms with van der Waals surface area (Å²) in [5, 5.41) is 1.76. The SMILES string of the molecule is Cc1cc(C=O)cnc1Sc1nccn1C. The first-order chi connectivity index (χ1) is 7.70. The summed E-state index contributed by atoms with van der Waals surface area (Å²) in [5.41, 5.74) is 1.58. The van der Waals surface area contributed by atoms with Gasteiger partial charge in [-0.15, -0.1) is 0 Å². The van der Waals surface area contributed by atoms with E-state index in [1.165, 1.54) is 11.8 Å². The zero-order chi connectivity index (χ0) is 11.5. The zero-order valence-electron chi connectivity index (χ0n) is 9.04. The molecule has 0 fully saturated rings. The number of pyridine rings is 1. The van der Waals surface area contributed by atoms with Gasteiger partial charge in [-0.25, -0.2) is 9.97 Å². The summed E-state index contributed by atoms with van der Waals surface area (Å²) in [6, 6.07) is 1.82. The lowest BCUT2D eigenvalue weighted by Gasteiger charge is -2.04. The van der Waals surface area contributed by atoms with Crippen LogP contribution in [-0.2, 0) is 7.05 Å². The Morgan fingerprint density at radius 3 is 2.81 bits per heavy atom. The van der Waals surface area contributed by atoms with Gasteiger partial charge in [0.25, 0.3) is 0 Å².